The third-order valence-corrected chi connectivity index (χ3v) is 5.78. The van der Waals surface area contributed by atoms with Gasteiger partial charge in [-0.1, -0.05) is 84.0 Å². The van der Waals surface area contributed by atoms with Gasteiger partial charge in [-0.25, -0.2) is 0 Å². The van der Waals surface area contributed by atoms with Gasteiger partial charge in [0, 0.05) is 6.42 Å². The molecule has 0 aromatic rings. The summed E-state index contributed by atoms with van der Waals surface area (Å²) in [7, 11) is 0. The van der Waals surface area contributed by atoms with E-state index in [1.807, 2.05) is 13.8 Å². The Morgan fingerprint density at radius 3 is 1.26 bits per heavy atom. The summed E-state index contributed by atoms with van der Waals surface area (Å²) in [5, 5.41) is 19.2. The van der Waals surface area contributed by atoms with Gasteiger partial charge in [0.05, 0.1) is 24.4 Å². The molecule has 0 aromatic carbocycles. The number of aliphatic hydroxyl groups excluding tert-OH is 2. The summed E-state index contributed by atoms with van der Waals surface area (Å²) < 4.78 is 12.0. The number of aliphatic hydroxyl groups is 2. The molecule has 0 heterocycles. The number of rotatable bonds is 22. The first-order valence-electron chi connectivity index (χ1n) is 13.2. The monoisotopic (exact) mass is 445 g/mol. The van der Waals surface area contributed by atoms with Crippen LogP contribution in [0.15, 0.2) is 0 Å². The molecule has 0 aromatic heterocycles. The van der Waals surface area contributed by atoms with Gasteiger partial charge in [0.2, 0.25) is 5.91 Å². The minimum Gasteiger partial charge on any atom is -0.393 e. The van der Waals surface area contributed by atoms with Crippen LogP contribution in [0.4, 0.5) is 0 Å². The third-order valence-electron chi connectivity index (χ3n) is 5.78. The van der Waals surface area contributed by atoms with E-state index in [1.165, 1.54) is 70.6 Å². The Morgan fingerprint density at radius 2 is 0.935 bits per heavy atom. The van der Waals surface area contributed by atoms with Crippen molar-refractivity contribution in [2.24, 2.45) is 5.73 Å². The predicted octanol–water partition coefficient (Wildman–Crippen LogP) is 6.43. The van der Waals surface area contributed by atoms with Gasteiger partial charge in [0.15, 0.2) is 0 Å². The molecular formula is C26H55NO4. The van der Waals surface area contributed by atoms with Crippen LogP contribution in [0.5, 0.6) is 0 Å². The molecular weight excluding hydrogens is 390 g/mol. The molecule has 0 saturated carbocycles. The molecule has 0 aliphatic carbocycles. The molecule has 5 heteroatoms. The number of unbranched alkanes of at least 4 members (excludes halogenated alkanes) is 12. The molecule has 31 heavy (non-hydrogen) atoms. The maximum atomic E-state index is 9.62. The Kier molecular flexibility index (Phi) is 19.2. The van der Waals surface area contributed by atoms with Gasteiger partial charge in [-0.2, -0.15) is 0 Å². The highest BCUT2D eigenvalue weighted by Gasteiger charge is 2.31. The first-order chi connectivity index (χ1) is 14.7. The van der Waals surface area contributed by atoms with Crippen molar-refractivity contribution in [1.29, 1.82) is 0 Å². The Labute approximate surface area is 193 Å². The number of hydrogen-bond acceptors (Lipinski definition) is 5. The lowest BCUT2D eigenvalue weighted by atomic mass is 10.0. The lowest BCUT2D eigenvalue weighted by molar-refractivity contribution is -0.279. The molecule has 4 N–H and O–H groups in total. The van der Waals surface area contributed by atoms with Gasteiger partial charge in [-0.05, 0) is 47.0 Å². The summed E-state index contributed by atoms with van der Waals surface area (Å²) >= 11 is 0. The molecule has 0 aliphatic rings. The molecule has 4 unspecified atom stereocenters. The molecule has 0 fully saturated rings. The minimum atomic E-state index is -1.17. The highest BCUT2D eigenvalue weighted by Crippen LogP contribution is 2.23. The van der Waals surface area contributed by atoms with Crippen molar-refractivity contribution < 1.29 is 19.7 Å². The predicted molar refractivity (Wildman–Crippen MR) is 131 cm³/mol. The van der Waals surface area contributed by atoms with E-state index >= 15 is 0 Å². The number of hydrogen-bond donors (Lipinski definition) is 3. The minimum absolute atomic E-state index is 0.189. The smallest absolute Gasteiger partial charge is 0.225 e. The van der Waals surface area contributed by atoms with Crippen molar-refractivity contribution in [3.63, 3.8) is 0 Å². The van der Waals surface area contributed by atoms with E-state index in [2.05, 4.69) is 6.92 Å². The molecule has 0 bridgehead atoms. The van der Waals surface area contributed by atoms with Crippen LogP contribution < -0.4 is 5.73 Å². The summed E-state index contributed by atoms with van der Waals surface area (Å²) in [5.74, 6) is -1.17. The molecule has 0 aliphatic heterocycles. The summed E-state index contributed by atoms with van der Waals surface area (Å²) in [6.45, 7) is 9.61. The maximum absolute atomic E-state index is 9.62. The van der Waals surface area contributed by atoms with Crippen molar-refractivity contribution >= 4 is 0 Å². The van der Waals surface area contributed by atoms with Crippen LogP contribution >= 0.6 is 0 Å². The second-order valence-corrected chi connectivity index (χ2v) is 9.83. The number of ether oxygens (including phenoxy) is 2. The zero-order valence-electron chi connectivity index (χ0n) is 21.4. The highest BCUT2D eigenvalue weighted by molar-refractivity contribution is 4.69. The molecule has 0 saturated heterocycles. The lowest BCUT2D eigenvalue weighted by Gasteiger charge is -2.35. The fraction of sp³-hybridized carbons (Fsp3) is 1.00. The quantitative estimate of drug-likeness (QED) is 0.132. The Bertz CT molecular complexity index is 372. The van der Waals surface area contributed by atoms with Gasteiger partial charge < -0.3 is 19.7 Å². The highest BCUT2D eigenvalue weighted by atomic mass is 16.7. The van der Waals surface area contributed by atoms with Crippen molar-refractivity contribution in [2.75, 3.05) is 0 Å². The first kappa shape index (κ1) is 30.8. The van der Waals surface area contributed by atoms with E-state index in [9.17, 15) is 10.2 Å². The van der Waals surface area contributed by atoms with E-state index in [0.717, 1.165) is 12.8 Å². The molecule has 4 atom stereocenters. The van der Waals surface area contributed by atoms with Crippen molar-refractivity contribution in [3.05, 3.63) is 0 Å². The van der Waals surface area contributed by atoms with Gasteiger partial charge in [-0.15, -0.1) is 0 Å². The van der Waals surface area contributed by atoms with Crippen LogP contribution in [-0.2, 0) is 9.47 Å². The average molecular weight is 446 g/mol. The van der Waals surface area contributed by atoms with Crippen LogP contribution in [0, 0.1) is 0 Å². The third kappa shape index (κ3) is 20.2. The largest absolute Gasteiger partial charge is 0.393 e. The zero-order valence-corrected chi connectivity index (χ0v) is 21.4. The van der Waals surface area contributed by atoms with Crippen LogP contribution in [0.3, 0.4) is 0 Å². The van der Waals surface area contributed by atoms with Crippen LogP contribution in [-0.4, -0.2) is 40.5 Å². The SMILES string of the molecule is CCCCCCCCCCCCCCCC(N)(OC(C)CC(C)O)OC(C)CC(C)O. The summed E-state index contributed by atoms with van der Waals surface area (Å²) in [5.41, 5.74) is 6.48. The first-order valence-corrected chi connectivity index (χ1v) is 13.2. The van der Waals surface area contributed by atoms with Gasteiger partial charge >= 0.3 is 0 Å². The summed E-state index contributed by atoms with van der Waals surface area (Å²) in [6, 6.07) is 0. The summed E-state index contributed by atoms with van der Waals surface area (Å²) in [6.07, 6.45) is 17.4. The second-order valence-electron chi connectivity index (χ2n) is 9.83. The normalized spacial score (nSPS) is 17.8. The Morgan fingerprint density at radius 1 is 0.613 bits per heavy atom. The molecule has 0 spiro atoms. The lowest BCUT2D eigenvalue weighted by Crippen LogP contribution is -2.50. The molecule has 0 radical (unpaired) electrons. The van der Waals surface area contributed by atoms with Gasteiger partial charge in [0.25, 0.3) is 0 Å². The van der Waals surface area contributed by atoms with Crippen molar-refractivity contribution in [3.8, 4) is 0 Å². The van der Waals surface area contributed by atoms with Crippen LogP contribution in [0.1, 0.15) is 137 Å². The van der Waals surface area contributed by atoms with Crippen LogP contribution in [0.25, 0.3) is 0 Å². The second kappa shape index (κ2) is 19.3. The van der Waals surface area contributed by atoms with E-state index in [0.29, 0.717) is 19.3 Å². The molecule has 188 valence electrons. The average Bonchev–Trinajstić information content (AvgIpc) is 2.63. The molecule has 0 amide bonds. The van der Waals surface area contributed by atoms with E-state index in [4.69, 9.17) is 15.2 Å². The van der Waals surface area contributed by atoms with Gasteiger partial charge in [-0.3, -0.25) is 5.73 Å². The molecule has 0 rings (SSSR count). The Balaban J connectivity index is 4.07. The fourth-order valence-corrected chi connectivity index (χ4v) is 4.27. The van der Waals surface area contributed by atoms with E-state index in [-0.39, 0.29) is 12.2 Å². The van der Waals surface area contributed by atoms with E-state index in [1.54, 1.807) is 13.8 Å². The fourth-order valence-electron chi connectivity index (χ4n) is 4.27. The van der Waals surface area contributed by atoms with Crippen molar-refractivity contribution in [2.45, 2.75) is 168 Å². The van der Waals surface area contributed by atoms with E-state index < -0.39 is 18.1 Å². The molecule has 5 nitrogen and oxygen atoms in total. The Hall–Kier alpha value is -0.200. The topological polar surface area (TPSA) is 84.9 Å². The zero-order chi connectivity index (χ0) is 23.5. The standard InChI is InChI=1S/C26H55NO4/c1-6-7-8-9-10-11-12-13-14-15-16-17-18-19-26(27,30-24(4)20-22(2)28)31-25(5)21-23(3)29/h22-25,28-29H,6-21,27H2,1-5H3. The van der Waals surface area contributed by atoms with Crippen molar-refractivity contribution in [1.82, 2.24) is 0 Å². The maximum Gasteiger partial charge on any atom is 0.225 e. The van der Waals surface area contributed by atoms with Crippen LogP contribution in [0.2, 0.25) is 0 Å². The summed E-state index contributed by atoms with van der Waals surface area (Å²) in [4.78, 5) is 0. The number of nitrogens with two attached hydrogens (primary N) is 1. The van der Waals surface area contributed by atoms with Gasteiger partial charge in [0.1, 0.15) is 0 Å².